The normalized spacial score (nSPS) is 20.7. The number of carboxylic acids is 1. The zero-order valence-corrected chi connectivity index (χ0v) is 12.7. The second-order valence-corrected chi connectivity index (χ2v) is 5.55. The van der Waals surface area contributed by atoms with Crippen LogP contribution in [0.5, 0.6) is 11.5 Å². The number of nitrogens with zero attached hydrogens (tertiary/aromatic N) is 1. The molecule has 2 aliphatic rings. The Hall–Kier alpha value is -2.28. The molecule has 0 saturated carbocycles. The van der Waals surface area contributed by atoms with Gasteiger partial charge in [-0.2, -0.15) is 0 Å². The second kappa shape index (κ2) is 6.87. The van der Waals surface area contributed by atoms with Crippen LogP contribution < -0.4 is 9.47 Å². The highest BCUT2D eigenvalue weighted by atomic mass is 16.5. The van der Waals surface area contributed by atoms with E-state index in [1.165, 1.54) is 0 Å². The third kappa shape index (κ3) is 3.73. The first-order valence-electron chi connectivity index (χ1n) is 7.66. The Morgan fingerprint density at radius 1 is 1.17 bits per heavy atom. The molecule has 1 aromatic carbocycles. The zero-order valence-electron chi connectivity index (χ0n) is 12.7. The van der Waals surface area contributed by atoms with E-state index in [9.17, 15) is 9.59 Å². The van der Waals surface area contributed by atoms with Gasteiger partial charge in [-0.3, -0.25) is 9.59 Å². The molecule has 1 amide bonds. The molecule has 0 aliphatic carbocycles. The van der Waals surface area contributed by atoms with Crippen LogP contribution in [0.1, 0.15) is 23.2 Å². The van der Waals surface area contributed by atoms with E-state index in [4.69, 9.17) is 19.3 Å². The van der Waals surface area contributed by atoms with Crippen molar-refractivity contribution < 1.29 is 28.9 Å². The van der Waals surface area contributed by atoms with E-state index in [0.717, 1.165) is 6.42 Å². The Morgan fingerprint density at radius 2 is 1.96 bits per heavy atom. The minimum atomic E-state index is -0.931. The SMILES string of the molecule is O=C(O)C[C@@H]1CN(C(=O)c2ccc3c(c2)OCCCO3)CCO1. The number of hydrogen-bond donors (Lipinski definition) is 1. The molecule has 0 radical (unpaired) electrons. The Bertz CT molecular complexity index is 602. The molecule has 0 aromatic heterocycles. The van der Waals surface area contributed by atoms with Crippen LogP contribution in [0.4, 0.5) is 0 Å². The molecule has 1 fully saturated rings. The van der Waals surface area contributed by atoms with Crippen molar-refractivity contribution >= 4 is 11.9 Å². The summed E-state index contributed by atoms with van der Waals surface area (Å²) in [7, 11) is 0. The highest BCUT2D eigenvalue weighted by molar-refractivity contribution is 5.95. The number of carbonyl (C=O) groups is 2. The van der Waals surface area contributed by atoms with Crippen molar-refractivity contribution in [2.24, 2.45) is 0 Å². The molecule has 2 heterocycles. The predicted molar refractivity (Wildman–Crippen MR) is 79.9 cm³/mol. The summed E-state index contributed by atoms with van der Waals surface area (Å²) in [6.07, 6.45) is 0.231. The van der Waals surface area contributed by atoms with E-state index in [-0.39, 0.29) is 18.9 Å². The maximum Gasteiger partial charge on any atom is 0.306 e. The fourth-order valence-corrected chi connectivity index (χ4v) is 2.70. The van der Waals surface area contributed by atoms with Crippen LogP contribution in [0.2, 0.25) is 0 Å². The number of carboxylic acid groups (broad SMARTS) is 1. The zero-order chi connectivity index (χ0) is 16.2. The summed E-state index contributed by atoms with van der Waals surface area (Å²) in [6, 6.07) is 5.13. The van der Waals surface area contributed by atoms with Gasteiger partial charge < -0.3 is 24.2 Å². The third-order valence-corrected chi connectivity index (χ3v) is 3.82. The van der Waals surface area contributed by atoms with Crippen LogP contribution in [0.15, 0.2) is 18.2 Å². The number of carbonyl (C=O) groups excluding carboxylic acids is 1. The lowest BCUT2D eigenvalue weighted by Crippen LogP contribution is -2.46. The Balaban J connectivity index is 1.72. The standard InChI is InChI=1S/C16H19NO6/c18-15(19)9-12-10-17(4-7-21-12)16(20)11-2-3-13-14(8-11)23-6-1-5-22-13/h2-3,8,12H,1,4-7,9-10H2,(H,18,19)/t12-/m1/s1. The summed E-state index contributed by atoms with van der Waals surface area (Å²) in [5.41, 5.74) is 0.505. The van der Waals surface area contributed by atoms with Crippen molar-refractivity contribution in [3.63, 3.8) is 0 Å². The van der Waals surface area contributed by atoms with Gasteiger partial charge in [0.05, 0.1) is 32.3 Å². The number of rotatable bonds is 3. The van der Waals surface area contributed by atoms with Crippen LogP contribution in [0.3, 0.4) is 0 Å². The molecule has 1 atom stereocenters. The monoisotopic (exact) mass is 321 g/mol. The molecule has 1 aromatic rings. The second-order valence-electron chi connectivity index (χ2n) is 5.55. The minimum Gasteiger partial charge on any atom is -0.490 e. The van der Waals surface area contributed by atoms with Crippen LogP contribution in [0, 0.1) is 0 Å². The Morgan fingerprint density at radius 3 is 2.74 bits per heavy atom. The molecule has 0 bridgehead atoms. The van der Waals surface area contributed by atoms with Crippen LogP contribution in [-0.4, -0.2) is 60.9 Å². The lowest BCUT2D eigenvalue weighted by Gasteiger charge is -2.32. The fourth-order valence-electron chi connectivity index (χ4n) is 2.70. The van der Waals surface area contributed by atoms with Gasteiger partial charge in [-0.25, -0.2) is 0 Å². The number of fused-ring (bicyclic) bond motifs is 1. The number of hydrogen-bond acceptors (Lipinski definition) is 5. The van der Waals surface area contributed by atoms with Gasteiger partial charge in [0.15, 0.2) is 11.5 Å². The summed E-state index contributed by atoms with van der Waals surface area (Å²) in [5.74, 6) is 0.132. The topological polar surface area (TPSA) is 85.3 Å². The van der Waals surface area contributed by atoms with Gasteiger partial charge in [0.25, 0.3) is 5.91 Å². The summed E-state index contributed by atoms with van der Waals surface area (Å²) < 4.78 is 16.5. The third-order valence-electron chi connectivity index (χ3n) is 3.82. The lowest BCUT2D eigenvalue weighted by atomic mass is 10.1. The molecule has 2 aliphatic heterocycles. The molecule has 124 valence electrons. The van der Waals surface area contributed by atoms with Gasteiger partial charge in [-0.05, 0) is 18.2 Å². The van der Waals surface area contributed by atoms with Crippen LogP contribution in [0.25, 0.3) is 0 Å². The van der Waals surface area contributed by atoms with Crippen LogP contribution in [-0.2, 0) is 9.53 Å². The van der Waals surface area contributed by atoms with E-state index >= 15 is 0 Å². The number of aliphatic carboxylic acids is 1. The molecular weight excluding hydrogens is 302 g/mol. The average molecular weight is 321 g/mol. The van der Waals surface area contributed by atoms with Gasteiger partial charge in [0.1, 0.15) is 0 Å². The molecule has 1 N–H and O–H groups in total. The van der Waals surface area contributed by atoms with Gasteiger partial charge >= 0.3 is 5.97 Å². The largest absolute Gasteiger partial charge is 0.490 e. The van der Waals surface area contributed by atoms with E-state index < -0.39 is 12.1 Å². The molecule has 0 unspecified atom stereocenters. The molecule has 3 rings (SSSR count). The number of morpholine rings is 1. The smallest absolute Gasteiger partial charge is 0.306 e. The fraction of sp³-hybridized carbons (Fsp3) is 0.500. The number of amides is 1. The maximum atomic E-state index is 12.6. The van der Waals surface area contributed by atoms with E-state index in [2.05, 4.69) is 0 Å². The first-order valence-corrected chi connectivity index (χ1v) is 7.66. The van der Waals surface area contributed by atoms with Crippen molar-refractivity contribution in [1.29, 1.82) is 0 Å². The van der Waals surface area contributed by atoms with Crippen molar-refractivity contribution in [3.05, 3.63) is 23.8 Å². The quantitative estimate of drug-likeness (QED) is 0.899. The van der Waals surface area contributed by atoms with Gasteiger partial charge in [-0.15, -0.1) is 0 Å². The van der Waals surface area contributed by atoms with Crippen molar-refractivity contribution in [2.45, 2.75) is 18.9 Å². The van der Waals surface area contributed by atoms with E-state index in [1.54, 1.807) is 23.1 Å². The Labute approximate surface area is 133 Å². The predicted octanol–water partition coefficient (Wildman–Crippen LogP) is 1.16. The number of ether oxygens (including phenoxy) is 3. The average Bonchev–Trinajstić information content (AvgIpc) is 2.78. The molecule has 1 saturated heterocycles. The first kappa shape index (κ1) is 15.6. The van der Waals surface area contributed by atoms with Gasteiger partial charge in [0.2, 0.25) is 0 Å². The van der Waals surface area contributed by atoms with Crippen molar-refractivity contribution in [3.8, 4) is 11.5 Å². The first-order chi connectivity index (χ1) is 11.1. The van der Waals surface area contributed by atoms with E-state index in [0.29, 0.717) is 43.4 Å². The molecule has 7 heteroatoms. The summed E-state index contributed by atoms with van der Waals surface area (Å²) >= 11 is 0. The van der Waals surface area contributed by atoms with Crippen LogP contribution >= 0.6 is 0 Å². The molecule has 0 spiro atoms. The maximum absolute atomic E-state index is 12.6. The molecule has 23 heavy (non-hydrogen) atoms. The highest BCUT2D eigenvalue weighted by Gasteiger charge is 2.27. The minimum absolute atomic E-state index is 0.106. The Kier molecular flexibility index (Phi) is 4.66. The summed E-state index contributed by atoms with van der Waals surface area (Å²) in [6.45, 7) is 2.22. The van der Waals surface area contributed by atoms with Gasteiger partial charge in [0, 0.05) is 25.1 Å². The van der Waals surface area contributed by atoms with E-state index in [1.807, 2.05) is 0 Å². The van der Waals surface area contributed by atoms with Gasteiger partial charge in [-0.1, -0.05) is 0 Å². The highest BCUT2D eigenvalue weighted by Crippen LogP contribution is 2.31. The summed E-state index contributed by atoms with van der Waals surface area (Å²) in [5, 5.41) is 8.85. The molecular formula is C16H19NO6. The number of benzene rings is 1. The van der Waals surface area contributed by atoms with Crippen molar-refractivity contribution in [1.82, 2.24) is 4.90 Å². The van der Waals surface area contributed by atoms with Crippen molar-refractivity contribution in [2.75, 3.05) is 32.9 Å². The summed E-state index contributed by atoms with van der Waals surface area (Å²) in [4.78, 5) is 25.0. The molecule has 7 nitrogen and oxygen atoms in total. The lowest BCUT2D eigenvalue weighted by molar-refractivity contribution is -0.141.